The van der Waals surface area contributed by atoms with Crippen molar-refractivity contribution in [3.05, 3.63) is 35.9 Å². The Balaban J connectivity index is 1.88. The fraction of sp³-hybridized carbons (Fsp3) is 0.467. The Hall–Kier alpha value is -1.68. The summed E-state index contributed by atoms with van der Waals surface area (Å²) in [5.41, 5.74) is -0.204. The number of carboxylic acids is 1. The van der Waals surface area contributed by atoms with Crippen molar-refractivity contribution in [2.45, 2.75) is 18.8 Å². The summed E-state index contributed by atoms with van der Waals surface area (Å²) >= 11 is 0. The van der Waals surface area contributed by atoms with Gasteiger partial charge in [0.05, 0.1) is 13.2 Å². The van der Waals surface area contributed by atoms with Crippen LogP contribution in [0.25, 0.3) is 0 Å². The Bertz CT molecular complexity index is 510. The van der Waals surface area contributed by atoms with Crippen molar-refractivity contribution in [1.82, 2.24) is 0 Å². The lowest BCUT2D eigenvalue weighted by atomic mass is 9.75. The van der Waals surface area contributed by atoms with Crippen molar-refractivity contribution < 1.29 is 19.4 Å². The van der Waals surface area contributed by atoms with E-state index in [1.54, 1.807) is 0 Å². The van der Waals surface area contributed by atoms with E-state index in [-0.39, 0.29) is 30.6 Å². The smallest absolute Gasteiger partial charge is 0.319 e. The lowest BCUT2D eigenvalue weighted by molar-refractivity contribution is -0.166. The Morgan fingerprint density at radius 1 is 1.32 bits per heavy atom. The van der Waals surface area contributed by atoms with Gasteiger partial charge >= 0.3 is 5.97 Å². The maximum atomic E-state index is 12.2. The lowest BCUT2D eigenvalue weighted by Gasteiger charge is -2.32. The Morgan fingerprint density at radius 2 is 2.05 bits per heavy atom. The molecule has 19 heavy (non-hydrogen) atoms. The van der Waals surface area contributed by atoms with Crippen LogP contribution in [-0.2, 0) is 14.3 Å². The number of carbonyl (C=O) groups excluding carboxylic acids is 1. The first-order chi connectivity index (χ1) is 9.16. The lowest BCUT2D eigenvalue weighted by Crippen LogP contribution is -2.49. The van der Waals surface area contributed by atoms with Gasteiger partial charge in [-0.05, 0) is 23.8 Å². The zero-order chi connectivity index (χ0) is 13.5. The predicted molar refractivity (Wildman–Crippen MR) is 67.8 cm³/mol. The van der Waals surface area contributed by atoms with Gasteiger partial charge in [0, 0.05) is 6.42 Å². The summed E-state index contributed by atoms with van der Waals surface area (Å²) in [4.78, 5) is 23.8. The molecular weight excluding hydrogens is 244 g/mol. The molecule has 4 nitrogen and oxygen atoms in total. The minimum atomic E-state index is -1.32. The van der Waals surface area contributed by atoms with Gasteiger partial charge in [-0.3, -0.25) is 9.59 Å². The van der Waals surface area contributed by atoms with Crippen LogP contribution in [0.15, 0.2) is 30.3 Å². The van der Waals surface area contributed by atoms with E-state index in [4.69, 9.17) is 4.74 Å². The van der Waals surface area contributed by atoms with Gasteiger partial charge in [0.2, 0.25) is 0 Å². The summed E-state index contributed by atoms with van der Waals surface area (Å²) in [6.45, 7) is 0.367. The third kappa shape index (κ3) is 1.87. The highest BCUT2D eigenvalue weighted by Crippen LogP contribution is 2.58. The second kappa shape index (κ2) is 4.46. The third-order valence-corrected chi connectivity index (χ3v) is 4.33. The molecule has 0 amide bonds. The molecule has 0 radical (unpaired) electrons. The van der Waals surface area contributed by atoms with Crippen molar-refractivity contribution in [3.8, 4) is 0 Å². The van der Waals surface area contributed by atoms with Gasteiger partial charge in [-0.2, -0.15) is 0 Å². The first kappa shape index (κ1) is 12.4. The fourth-order valence-corrected chi connectivity index (χ4v) is 3.16. The normalized spacial score (nSPS) is 34.0. The van der Waals surface area contributed by atoms with E-state index < -0.39 is 11.4 Å². The zero-order valence-electron chi connectivity index (χ0n) is 10.5. The Kier molecular flexibility index (Phi) is 2.90. The number of aliphatic carboxylic acids is 1. The quantitative estimate of drug-likeness (QED) is 0.842. The molecule has 4 heteroatoms. The summed E-state index contributed by atoms with van der Waals surface area (Å²) in [6, 6.07) is 9.81. The molecule has 1 saturated heterocycles. The fourth-order valence-electron chi connectivity index (χ4n) is 3.16. The highest BCUT2D eigenvalue weighted by Gasteiger charge is 2.62. The van der Waals surface area contributed by atoms with Gasteiger partial charge in [0.1, 0.15) is 0 Å². The monoisotopic (exact) mass is 260 g/mol. The molecule has 3 unspecified atom stereocenters. The largest absolute Gasteiger partial charge is 0.480 e. The molecule has 1 heterocycles. The predicted octanol–water partition coefficient (Wildman–Crippen LogP) is 1.85. The molecule has 0 aromatic heterocycles. The summed E-state index contributed by atoms with van der Waals surface area (Å²) < 4.78 is 5.30. The Morgan fingerprint density at radius 3 is 2.68 bits per heavy atom. The molecule has 2 aliphatic rings. The molecule has 1 aromatic rings. The SMILES string of the molecule is O=C(O)C1(C2CC2c2ccccc2)COCCC1=O. The molecule has 2 fully saturated rings. The number of rotatable bonds is 3. The highest BCUT2D eigenvalue weighted by atomic mass is 16.5. The van der Waals surface area contributed by atoms with Crippen LogP contribution in [0.5, 0.6) is 0 Å². The summed E-state index contributed by atoms with van der Waals surface area (Å²) in [6.07, 6.45) is 0.968. The number of ketones is 1. The van der Waals surface area contributed by atoms with Crippen molar-refractivity contribution in [1.29, 1.82) is 0 Å². The van der Waals surface area contributed by atoms with Crippen LogP contribution >= 0.6 is 0 Å². The third-order valence-electron chi connectivity index (χ3n) is 4.33. The van der Waals surface area contributed by atoms with E-state index in [1.807, 2.05) is 30.3 Å². The molecule has 100 valence electrons. The zero-order valence-corrected chi connectivity index (χ0v) is 10.5. The van der Waals surface area contributed by atoms with Crippen LogP contribution in [0.3, 0.4) is 0 Å². The average Bonchev–Trinajstić information content (AvgIpc) is 3.21. The number of ether oxygens (including phenoxy) is 1. The van der Waals surface area contributed by atoms with E-state index in [0.717, 1.165) is 12.0 Å². The number of Topliss-reactive ketones (excluding diaryl/α,β-unsaturated/α-hetero) is 1. The van der Waals surface area contributed by atoms with Crippen molar-refractivity contribution in [3.63, 3.8) is 0 Å². The van der Waals surface area contributed by atoms with Gasteiger partial charge in [-0.1, -0.05) is 30.3 Å². The molecule has 1 N–H and O–H groups in total. The van der Waals surface area contributed by atoms with Crippen LogP contribution in [0.4, 0.5) is 0 Å². The van der Waals surface area contributed by atoms with Gasteiger partial charge in [-0.15, -0.1) is 0 Å². The molecule has 1 saturated carbocycles. The highest BCUT2D eigenvalue weighted by molar-refractivity contribution is 6.04. The van der Waals surface area contributed by atoms with E-state index in [9.17, 15) is 14.7 Å². The van der Waals surface area contributed by atoms with Gasteiger partial charge < -0.3 is 9.84 Å². The molecule has 0 spiro atoms. The number of carboxylic acid groups (broad SMARTS) is 1. The van der Waals surface area contributed by atoms with Crippen molar-refractivity contribution >= 4 is 11.8 Å². The summed E-state index contributed by atoms with van der Waals surface area (Å²) in [7, 11) is 0. The maximum absolute atomic E-state index is 12.2. The van der Waals surface area contributed by atoms with Crippen LogP contribution < -0.4 is 0 Å². The minimum absolute atomic E-state index is 0.0230. The average molecular weight is 260 g/mol. The first-order valence-corrected chi connectivity index (χ1v) is 6.55. The second-order valence-electron chi connectivity index (χ2n) is 5.36. The van der Waals surface area contributed by atoms with E-state index in [1.165, 1.54) is 0 Å². The standard InChI is InChI=1S/C15H16O4/c16-13-6-7-19-9-15(13,14(17)18)12-8-11(12)10-4-2-1-3-5-10/h1-5,11-12H,6-9H2,(H,17,18). The molecule has 3 atom stereocenters. The van der Waals surface area contributed by atoms with Crippen molar-refractivity contribution in [2.24, 2.45) is 11.3 Å². The number of hydrogen-bond donors (Lipinski definition) is 1. The second-order valence-corrected chi connectivity index (χ2v) is 5.36. The number of carbonyl (C=O) groups is 2. The summed E-state index contributed by atoms with van der Waals surface area (Å²) in [5, 5.41) is 9.53. The molecule has 1 aliphatic heterocycles. The van der Waals surface area contributed by atoms with Gasteiger partial charge in [0.25, 0.3) is 0 Å². The van der Waals surface area contributed by atoms with Crippen molar-refractivity contribution in [2.75, 3.05) is 13.2 Å². The molecular formula is C15H16O4. The van der Waals surface area contributed by atoms with Crippen LogP contribution in [0.1, 0.15) is 24.3 Å². The number of hydrogen-bond acceptors (Lipinski definition) is 3. The maximum Gasteiger partial charge on any atom is 0.319 e. The minimum Gasteiger partial charge on any atom is -0.480 e. The van der Waals surface area contributed by atoms with Gasteiger partial charge in [-0.25, -0.2) is 0 Å². The molecule has 3 rings (SSSR count). The van der Waals surface area contributed by atoms with E-state index in [0.29, 0.717) is 6.61 Å². The van der Waals surface area contributed by atoms with Crippen LogP contribution in [0.2, 0.25) is 0 Å². The van der Waals surface area contributed by atoms with Crippen LogP contribution in [-0.4, -0.2) is 30.1 Å². The van der Waals surface area contributed by atoms with Crippen LogP contribution in [0, 0.1) is 11.3 Å². The molecule has 1 aromatic carbocycles. The molecule has 0 bridgehead atoms. The van der Waals surface area contributed by atoms with E-state index >= 15 is 0 Å². The Labute approximate surface area is 111 Å². The topological polar surface area (TPSA) is 63.6 Å². The summed E-state index contributed by atoms with van der Waals surface area (Å²) in [5.74, 6) is -1.15. The molecule has 1 aliphatic carbocycles. The van der Waals surface area contributed by atoms with E-state index in [2.05, 4.69) is 0 Å². The van der Waals surface area contributed by atoms with Gasteiger partial charge in [0.15, 0.2) is 11.2 Å². The first-order valence-electron chi connectivity index (χ1n) is 6.55. The number of benzene rings is 1.